The Labute approximate surface area is 181 Å². The minimum atomic E-state index is 0. The van der Waals surface area contributed by atoms with Crippen LogP contribution >= 0.6 is 24.0 Å². The molecular formula is C21H35IN4O. The lowest BCUT2D eigenvalue weighted by molar-refractivity contribution is 0.0354. The van der Waals surface area contributed by atoms with E-state index in [0.29, 0.717) is 12.1 Å². The number of nitrogens with zero attached hydrogens (tertiary/aromatic N) is 1. The largest absolute Gasteiger partial charge is 0.381 e. The van der Waals surface area contributed by atoms with Crippen molar-refractivity contribution in [1.29, 1.82) is 0 Å². The van der Waals surface area contributed by atoms with Gasteiger partial charge in [-0.05, 0) is 38.2 Å². The Bertz CT molecular complexity index is 569. The van der Waals surface area contributed by atoms with E-state index in [1.807, 2.05) is 7.05 Å². The van der Waals surface area contributed by atoms with Crippen molar-refractivity contribution in [2.75, 3.05) is 26.8 Å². The number of hydrogen-bond acceptors (Lipinski definition) is 3. The number of rotatable bonds is 6. The second kappa shape index (κ2) is 11.2. The summed E-state index contributed by atoms with van der Waals surface area (Å²) >= 11 is 0. The molecule has 1 aliphatic heterocycles. The van der Waals surface area contributed by atoms with Gasteiger partial charge in [0.25, 0.3) is 0 Å². The molecule has 1 heterocycles. The van der Waals surface area contributed by atoms with Crippen LogP contribution in [-0.4, -0.2) is 44.3 Å². The number of hydrogen-bond donors (Lipinski definition) is 3. The Kier molecular flexibility index (Phi) is 9.32. The Morgan fingerprint density at radius 3 is 2.48 bits per heavy atom. The molecule has 1 unspecified atom stereocenters. The molecule has 0 spiro atoms. The van der Waals surface area contributed by atoms with Gasteiger partial charge in [-0.1, -0.05) is 43.2 Å². The van der Waals surface area contributed by atoms with E-state index in [-0.39, 0.29) is 29.5 Å². The molecule has 0 aromatic heterocycles. The normalized spacial score (nSPS) is 21.3. The molecule has 2 fully saturated rings. The molecule has 2 aliphatic rings. The first-order valence-electron chi connectivity index (χ1n) is 10.1. The third-order valence-electron chi connectivity index (χ3n) is 5.79. The van der Waals surface area contributed by atoms with Crippen LogP contribution in [0.5, 0.6) is 0 Å². The maximum Gasteiger partial charge on any atom is 0.191 e. The van der Waals surface area contributed by atoms with Crippen LogP contribution in [0.3, 0.4) is 0 Å². The zero-order valence-corrected chi connectivity index (χ0v) is 19.0. The van der Waals surface area contributed by atoms with E-state index in [1.165, 1.54) is 31.2 Å². The van der Waals surface area contributed by atoms with Crippen LogP contribution in [0.1, 0.15) is 57.1 Å². The van der Waals surface area contributed by atoms with E-state index in [1.54, 1.807) is 0 Å². The first-order chi connectivity index (χ1) is 12.7. The lowest BCUT2D eigenvalue weighted by atomic mass is 9.88. The molecule has 1 saturated carbocycles. The molecule has 5 nitrogen and oxygen atoms in total. The van der Waals surface area contributed by atoms with Gasteiger partial charge in [0.1, 0.15) is 0 Å². The van der Waals surface area contributed by atoms with Crippen molar-refractivity contribution >= 4 is 29.9 Å². The van der Waals surface area contributed by atoms with Crippen molar-refractivity contribution < 1.29 is 4.74 Å². The molecule has 0 amide bonds. The predicted molar refractivity (Wildman–Crippen MR) is 123 cm³/mol. The zero-order valence-electron chi connectivity index (χ0n) is 16.7. The van der Waals surface area contributed by atoms with Crippen molar-refractivity contribution in [3.63, 3.8) is 0 Å². The van der Waals surface area contributed by atoms with Crippen LogP contribution in [-0.2, 0) is 4.74 Å². The molecule has 3 N–H and O–H groups in total. The van der Waals surface area contributed by atoms with Gasteiger partial charge in [-0.3, -0.25) is 4.99 Å². The number of nitrogens with one attached hydrogen (secondary N) is 3. The summed E-state index contributed by atoms with van der Waals surface area (Å²) in [7, 11) is 1.86. The van der Waals surface area contributed by atoms with Crippen molar-refractivity contribution in [3.8, 4) is 0 Å². The molecule has 1 saturated heterocycles. The topological polar surface area (TPSA) is 57.7 Å². The second-order valence-electron chi connectivity index (χ2n) is 7.72. The number of guanidine groups is 1. The monoisotopic (exact) mass is 486 g/mol. The van der Waals surface area contributed by atoms with E-state index in [9.17, 15) is 0 Å². The van der Waals surface area contributed by atoms with E-state index >= 15 is 0 Å². The Morgan fingerprint density at radius 2 is 1.85 bits per heavy atom. The highest BCUT2D eigenvalue weighted by atomic mass is 127. The second-order valence-corrected chi connectivity index (χ2v) is 7.72. The highest BCUT2D eigenvalue weighted by Gasteiger charge is 2.34. The standard InChI is InChI=1S/C21H34N4O.HI/c1-17(18-8-4-3-5-9-18)25-21(12-14-26-15-13-21)16-23-20(22-2)24-19-10-6-7-11-19;/h3-5,8-9,17,19,25H,6-7,10-16H2,1-2H3,(H2,22,23,24);1H. The van der Waals surface area contributed by atoms with Gasteiger partial charge in [0.2, 0.25) is 0 Å². The van der Waals surface area contributed by atoms with E-state index < -0.39 is 0 Å². The first-order valence-corrected chi connectivity index (χ1v) is 10.1. The van der Waals surface area contributed by atoms with Gasteiger partial charge in [-0.2, -0.15) is 0 Å². The summed E-state index contributed by atoms with van der Waals surface area (Å²) in [6.07, 6.45) is 7.18. The molecule has 0 radical (unpaired) electrons. The minimum absolute atomic E-state index is 0. The predicted octanol–water partition coefficient (Wildman–Crippen LogP) is 3.61. The molecule has 1 aromatic rings. The summed E-state index contributed by atoms with van der Waals surface area (Å²) in [5, 5.41) is 11.1. The molecule has 27 heavy (non-hydrogen) atoms. The maximum atomic E-state index is 5.64. The Hall–Kier alpha value is -0.860. The fourth-order valence-electron chi connectivity index (χ4n) is 4.13. The fraction of sp³-hybridized carbons (Fsp3) is 0.667. The highest BCUT2D eigenvalue weighted by molar-refractivity contribution is 14.0. The molecule has 152 valence electrons. The van der Waals surface area contributed by atoms with Crippen LogP contribution in [0, 0.1) is 0 Å². The Balaban J connectivity index is 0.00000261. The smallest absolute Gasteiger partial charge is 0.191 e. The van der Waals surface area contributed by atoms with Crippen LogP contribution in [0.15, 0.2) is 35.3 Å². The lowest BCUT2D eigenvalue weighted by Gasteiger charge is -2.41. The number of halogens is 1. The van der Waals surface area contributed by atoms with E-state index in [2.05, 4.69) is 58.2 Å². The van der Waals surface area contributed by atoms with E-state index in [4.69, 9.17) is 4.74 Å². The third-order valence-corrected chi connectivity index (χ3v) is 5.79. The number of aliphatic imine (C=N–C) groups is 1. The van der Waals surface area contributed by atoms with Crippen molar-refractivity contribution in [2.24, 2.45) is 4.99 Å². The molecule has 3 rings (SSSR count). The van der Waals surface area contributed by atoms with E-state index in [0.717, 1.165) is 38.6 Å². The van der Waals surface area contributed by atoms with Gasteiger partial charge in [0.15, 0.2) is 5.96 Å². The lowest BCUT2D eigenvalue weighted by Crippen LogP contribution is -2.58. The summed E-state index contributed by atoms with van der Waals surface area (Å²) in [6.45, 7) is 4.73. The molecule has 1 atom stereocenters. The summed E-state index contributed by atoms with van der Waals surface area (Å²) in [5.74, 6) is 0.928. The maximum absolute atomic E-state index is 5.64. The third kappa shape index (κ3) is 6.61. The van der Waals surface area contributed by atoms with Gasteiger partial charge >= 0.3 is 0 Å². The average molecular weight is 486 g/mol. The van der Waals surface area contributed by atoms with Crippen molar-refractivity contribution in [1.82, 2.24) is 16.0 Å². The zero-order chi connectivity index (χ0) is 18.2. The minimum Gasteiger partial charge on any atom is -0.381 e. The summed E-state index contributed by atoms with van der Waals surface area (Å²) in [4.78, 5) is 4.44. The molecular weight excluding hydrogens is 451 g/mol. The van der Waals surface area contributed by atoms with Crippen LogP contribution in [0.4, 0.5) is 0 Å². The van der Waals surface area contributed by atoms with Crippen LogP contribution < -0.4 is 16.0 Å². The van der Waals surface area contributed by atoms with Gasteiger partial charge in [-0.25, -0.2) is 0 Å². The van der Waals surface area contributed by atoms with Crippen LogP contribution in [0.25, 0.3) is 0 Å². The van der Waals surface area contributed by atoms with Crippen molar-refractivity contribution in [3.05, 3.63) is 35.9 Å². The number of ether oxygens (including phenoxy) is 1. The van der Waals surface area contributed by atoms with Crippen molar-refractivity contribution in [2.45, 2.75) is 63.1 Å². The number of benzene rings is 1. The van der Waals surface area contributed by atoms with Gasteiger partial charge in [0, 0.05) is 44.4 Å². The molecule has 1 aliphatic carbocycles. The van der Waals surface area contributed by atoms with Gasteiger partial charge < -0.3 is 20.7 Å². The quantitative estimate of drug-likeness (QED) is 0.327. The molecule has 0 bridgehead atoms. The Morgan fingerprint density at radius 1 is 1.19 bits per heavy atom. The molecule has 1 aromatic carbocycles. The average Bonchev–Trinajstić information content (AvgIpc) is 3.20. The first kappa shape index (κ1) is 22.4. The SMILES string of the molecule is CN=C(NCC1(NC(C)c2ccccc2)CCOCC1)NC1CCCC1.I. The summed E-state index contributed by atoms with van der Waals surface area (Å²) in [5.41, 5.74) is 1.35. The van der Waals surface area contributed by atoms with Crippen LogP contribution in [0.2, 0.25) is 0 Å². The highest BCUT2D eigenvalue weighted by Crippen LogP contribution is 2.25. The summed E-state index contributed by atoms with van der Waals surface area (Å²) < 4.78 is 5.64. The fourth-order valence-corrected chi connectivity index (χ4v) is 4.13. The molecule has 6 heteroatoms. The summed E-state index contributed by atoms with van der Waals surface area (Å²) in [6, 6.07) is 11.5. The van der Waals surface area contributed by atoms with Gasteiger partial charge in [-0.15, -0.1) is 24.0 Å². The van der Waals surface area contributed by atoms with Gasteiger partial charge in [0.05, 0.1) is 0 Å².